The zero-order chi connectivity index (χ0) is 13.6. The Kier molecular flexibility index (Phi) is 2.78. The standard InChI is InChI=1S/C14H11BrFN3/c1-8-4-5-19-12(6-8)18-13(14(19)17)10-7-9(15)2-3-11(10)16/h2-7H,17H2,1H3. The van der Waals surface area contributed by atoms with Crippen LogP contribution in [0.1, 0.15) is 5.56 Å². The lowest BCUT2D eigenvalue weighted by atomic mass is 10.1. The molecular weight excluding hydrogens is 309 g/mol. The third-order valence-electron chi connectivity index (χ3n) is 3.00. The number of aromatic nitrogens is 2. The average Bonchev–Trinajstić information content (AvgIpc) is 2.69. The topological polar surface area (TPSA) is 43.3 Å². The van der Waals surface area contributed by atoms with Crippen LogP contribution in [-0.2, 0) is 0 Å². The van der Waals surface area contributed by atoms with E-state index in [1.165, 1.54) is 6.07 Å². The van der Waals surface area contributed by atoms with Crippen molar-refractivity contribution >= 4 is 27.4 Å². The first-order valence-electron chi connectivity index (χ1n) is 5.76. The number of nitrogens with zero attached hydrogens (tertiary/aromatic N) is 2. The molecule has 3 aromatic rings. The van der Waals surface area contributed by atoms with Crippen molar-refractivity contribution in [3.63, 3.8) is 0 Å². The van der Waals surface area contributed by atoms with Crippen LogP contribution in [0.5, 0.6) is 0 Å². The van der Waals surface area contributed by atoms with Crippen molar-refractivity contribution in [2.24, 2.45) is 0 Å². The number of fused-ring (bicyclic) bond motifs is 1. The zero-order valence-corrected chi connectivity index (χ0v) is 11.8. The molecule has 0 bridgehead atoms. The molecule has 0 spiro atoms. The summed E-state index contributed by atoms with van der Waals surface area (Å²) >= 11 is 3.33. The summed E-state index contributed by atoms with van der Waals surface area (Å²) < 4.78 is 16.5. The fraction of sp³-hybridized carbons (Fsp3) is 0.0714. The van der Waals surface area contributed by atoms with Crippen LogP contribution in [0, 0.1) is 12.7 Å². The first-order valence-corrected chi connectivity index (χ1v) is 6.55. The van der Waals surface area contributed by atoms with Gasteiger partial charge in [-0.05, 0) is 42.8 Å². The molecule has 0 aliphatic rings. The first-order chi connectivity index (χ1) is 9.06. The summed E-state index contributed by atoms with van der Waals surface area (Å²) in [5.41, 5.74) is 8.71. The second kappa shape index (κ2) is 4.35. The van der Waals surface area contributed by atoms with Crippen molar-refractivity contribution in [3.8, 4) is 11.3 Å². The van der Waals surface area contributed by atoms with Gasteiger partial charge in [0.2, 0.25) is 0 Å². The molecule has 0 saturated heterocycles. The van der Waals surface area contributed by atoms with Gasteiger partial charge >= 0.3 is 0 Å². The maximum Gasteiger partial charge on any atom is 0.139 e. The highest BCUT2D eigenvalue weighted by Gasteiger charge is 2.15. The van der Waals surface area contributed by atoms with Gasteiger partial charge in [-0.2, -0.15) is 0 Å². The minimum atomic E-state index is -0.338. The molecule has 0 atom stereocenters. The molecule has 0 amide bonds. The number of halogens is 2. The van der Waals surface area contributed by atoms with Crippen molar-refractivity contribution in [2.75, 3.05) is 5.73 Å². The Labute approximate surface area is 118 Å². The van der Waals surface area contributed by atoms with E-state index in [0.717, 1.165) is 10.0 Å². The van der Waals surface area contributed by atoms with E-state index in [4.69, 9.17) is 5.73 Å². The lowest BCUT2D eigenvalue weighted by Gasteiger charge is -2.02. The van der Waals surface area contributed by atoms with Gasteiger partial charge in [0.15, 0.2) is 0 Å². The highest BCUT2D eigenvalue weighted by molar-refractivity contribution is 9.10. The molecule has 0 aliphatic heterocycles. The second-order valence-corrected chi connectivity index (χ2v) is 5.32. The number of anilines is 1. The van der Waals surface area contributed by atoms with Gasteiger partial charge in [0.05, 0.1) is 0 Å². The lowest BCUT2D eigenvalue weighted by molar-refractivity contribution is 0.630. The molecule has 0 fully saturated rings. The Morgan fingerprint density at radius 3 is 2.84 bits per heavy atom. The predicted molar refractivity (Wildman–Crippen MR) is 77.4 cm³/mol. The number of benzene rings is 1. The summed E-state index contributed by atoms with van der Waals surface area (Å²) in [6.45, 7) is 1.98. The number of imidazole rings is 1. The summed E-state index contributed by atoms with van der Waals surface area (Å²) in [4.78, 5) is 4.42. The van der Waals surface area contributed by atoms with Gasteiger partial charge < -0.3 is 5.73 Å². The fourth-order valence-corrected chi connectivity index (χ4v) is 2.40. The maximum atomic E-state index is 13.9. The number of pyridine rings is 1. The summed E-state index contributed by atoms with van der Waals surface area (Å²) in [6, 6.07) is 8.57. The van der Waals surface area contributed by atoms with Crippen molar-refractivity contribution < 1.29 is 4.39 Å². The molecule has 96 valence electrons. The Morgan fingerprint density at radius 2 is 2.05 bits per heavy atom. The number of rotatable bonds is 1. The van der Waals surface area contributed by atoms with Crippen LogP contribution < -0.4 is 5.73 Å². The molecule has 0 aliphatic carbocycles. The number of aryl methyl sites for hydroxylation is 1. The summed E-state index contributed by atoms with van der Waals surface area (Å²) in [6.07, 6.45) is 1.84. The molecule has 1 aromatic carbocycles. The van der Waals surface area contributed by atoms with Crippen molar-refractivity contribution in [3.05, 3.63) is 52.4 Å². The van der Waals surface area contributed by atoms with E-state index in [0.29, 0.717) is 22.7 Å². The summed E-state index contributed by atoms with van der Waals surface area (Å²) in [7, 11) is 0. The van der Waals surface area contributed by atoms with Crippen LogP contribution in [0.4, 0.5) is 10.2 Å². The van der Waals surface area contributed by atoms with E-state index >= 15 is 0 Å². The monoisotopic (exact) mass is 319 g/mol. The Hall–Kier alpha value is -1.88. The van der Waals surface area contributed by atoms with E-state index in [1.807, 2.05) is 25.3 Å². The SMILES string of the molecule is Cc1ccn2c(N)c(-c3cc(Br)ccc3F)nc2c1. The van der Waals surface area contributed by atoms with Crippen molar-refractivity contribution in [2.45, 2.75) is 6.92 Å². The zero-order valence-electron chi connectivity index (χ0n) is 10.2. The molecule has 0 unspecified atom stereocenters. The van der Waals surface area contributed by atoms with Crippen LogP contribution >= 0.6 is 15.9 Å². The summed E-state index contributed by atoms with van der Waals surface area (Å²) in [5.74, 6) is 0.0991. The molecule has 3 nitrogen and oxygen atoms in total. The van der Waals surface area contributed by atoms with Crippen LogP contribution in [0.2, 0.25) is 0 Å². The second-order valence-electron chi connectivity index (χ2n) is 4.40. The largest absolute Gasteiger partial charge is 0.383 e. The molecule has 0 radical (unpaired) electrons. The number of nitrogens with two attached hydrogens (primary N) is 1. The summed E-state index contributed by atoms with van der Waals surface area (Å²) in [5, 5.41) is 0. The smallest absolute Gasteiger partial charge is 0.139 e. The third kappa shape index (κ3) is 2.00. The third-order valence-corrected chi connectivity index (χ3v) is 3.50. The van der Waals surface area contributed by atoms with Crippen LogP contribution in [-0.4, -0.2) is 9.38 Å². The van der Waals surface area contributed by atoms with Gasteiger partial charge in [-0.3, -0.25) is 4.40 Å². The van der Waals surface area contributed by atoms with Gasteiger partial charge in [0, 0.05) is 16.2 Å². The average molecular weight is 320 g/mol. The van der Waals surface area contributed by atoms with E-state index in [2.05, 4.69) is 20.9 Å². The Morgan fingerprint density at radius 1 is 1.26 bits per heavy atom. The van der Waals surface area contributed by atoms with Gasteiger partial charge in [0.25, 0.3) is 0 Å². The molecule has 2 N–H and O–H groups in total. The minimum Gasteiger partial charge on any atom is -0.383 e. The molecule has 0 saturated carbocycles. The quantitative estimate of drug-likeness (QED) is 0.741. The highest BCUT2D eigenvalue weighted by Crippen LogP contribution is 2.30. The number of hydrogen-bond acceptors (Lipinski definition) is 2. The Balaban J connectivity index is 2.30. The van der Waals surface area contributed by atoms with Gasteiger partial charge in [-0.25, -0.2) is 9.37 Å². The normalized spacial score (nSPS) is 11.1. The van der Waals surface area contributed by atoms with E-state index in [1.54, 1.807) is 16.5 Å². The van der Waals surface area contributed by atoms with Crippen LogP contribution in [0.25, 0.3) is 16.9 Å². The van der Waals surface area contributed by atoms with E-state index in [-0.39, 0.29) is 5.82 Å². The molecule has 3 rings (SSSR count). The molecular formula is C14H11BrFN3. The molecule has 5 heteroatoms. The maximum absolute atomic E-state index is 13.9. The Bertz CT molecular complexity index is 780. The van der Waals surface area contributed by atoms with Gasteiger partial charge in [-0.15, -0.1) is 0 Å². The van der Waals surface area contributed by atoms with Gasteiger partial charge in [0.1, 0.15) is 23.0 Å². The van der Waals surface area contributed by atoms with Crippen LogP contribution in [0.15, 0.2) is 41.0 Å². The minimum absolute atomic E-state index is 0.338. The molecule has 2 heterocycles. The number of hydrogen-bond donors (Lipinski definition) is 1. The molecule has 2 aromatic heterocycles. The lowest BCUT2D eigenvalue weighted by Crippen LogP contribution is -1.95. The van der Waals surface area contributed by atoms with E-state index in [9.17, 15) is 4.39 Å². The fourth-order valence-electron chi connectivity index (χ4n) is 2.04. The number of nitrogen functional groups attached to an aromatic ring is 1. The first kappa shape index (κ1) is 12.2. The highest BCUT2D eigenvalue weighted by atomic mass is 79.9. The van der Waals surface area contributed by atoms with E-state index < -0.39 is 0 Å². The molecule has 19 heavy (non-hydrogen) atoms. The van der Waals surface area contributed by atoms with Crippen molar-refractivity contribution in [1.29, 1.82) is 0 Å². The van der Waals surface area contributed by atoms with Gasteiger partial charge in [-0.1, -0.05) is 15.9 Å². The predicted octanol–water partition coefficient (Wildman–Crippen LogP) is 3.79. The van der Waals surface area contributed by atoms with Crippen LogP contribution in [0.3, 0.4) is 0 Å². The van der Waals surface area contributed by atoms with Crippen molar-refractivity contribution in [1.82, 2.24) is 9.38 Å².